The fourth-order valence-electron chi connectivity index (χ4n) is 2.96. The molecule has 3 aromatic rings. The van der Waals surface area contributed by atoms with E-state index in [1.54, 1.807) is 31.2 Å². The Labute approximate surface area is 168 Å². The maximum Gasteiger partial charge on any atom is 0.311 e. The number of fused-ring (bicyclic) bond motifs is 1. The first-order valence-corrected chi connectivity index (χ1v) is 9.60. The van der Waals surface area contributed by atoms with Crippen molar-refractivity contribution in [2.45, 2.75) is 33.7 Å². The van der Waals surface area contributed by atoms with Gasteiger partial charge in [-0.25, -0.2) is 4.68 Å². The molecule has 7 heteroatoms. The molecule has 152 valence electrons. The lowest BCUT2D eigenvalue weighted by molar-refractivity contribution is -0.134. The minimum Gasteiger partial charge on any atom is -0.490 e. The van der Waals surface area contributed by atoms with Gasteiger partial charge in [-0.2, -0.15) is 5.10 Å². The maximum absolute atomic E-state index is 12.7. The Kier molecular flexibility index (Phi) is 6.49. The van der Waals surface area contributed by atoms with Gasteiger partial charge in [0, 0.05) is 11.8 Å². The van der Waals surface area contributed by atoms with E-state index in [1.165, 1.54) is 4.68 Å². The summed E-state index contributed by atoms with van der Waals surface area (Å²) in [4.78, 5) is 24.5. The van der Waals surface area contributed by atoms with Crippen LogP contribution in [0.4, 0.5) is 0 Å². The van der Waals surface area contributed by atoms with E-state index in [2.05, 4.69) is 5.10 Å². The topological polar surface area (TPSA) is 79.7 Å². The number of benzene rings is 2. The average Bonchev–Trinajstić information content (AvgIpc) is 2.73. The van der Waals surface area contributed by atoms with Gasteiger partial charge in [0.05, 0.1) is 24.2 Å². The Morgan fingerprint density at radius 2 is 1.69 bits per heavy atom. The number of carbonyl (C=O) groups excluding carboxylic acids is 1. The zero-order valence-electron chi connectivity index (χ0n) is 16.8. The molecule has 1 heterocycles. The van der Waals surface area contributed by atoms with Crippen molar-refractivity contribution in [3.8, 4) is 17.2 Å². The summed E-state index contributed by atoms with van der Waals surface area (Å²) >= 11 is 0. The Morgan fingerprint density at radius 1 is 1.00 bits per heavy atom. The van der Waals surface area contributed by atoms with E-state index < -0.39 is 0 Å². The van der Waals surface area contributed by atoms with Gasteiger partial charge in [0.15, 0.2) is 11.5 Å². The van der Waals surface area contributed by atoms with E-state index in [0.717, 1.165) is 11.1 Å². The molecule has 0 spiro atoms. The van der Waals surface area contributed by atoms with Crippen molar-refractivity contribution < 1.29 is 19.0 Å². The molecule has 0 amide bonds. The number of rotatable bonds is 8. The van der Waals surface area contributed by atoms with Gasteiger partial charge < -0.3 is 14.2 Å². The number of esters is 1. The molecular weight excluding hydrogens is 372 g/mol. The molecule has 0 radical (unpaired) electrons. The van der Waals surface area contributed by atoms with E-state index in [4.69, 9.17) is 14.2 Å². The maximum atomic E-state index is 12.7. The zero-order valence-corrected chi connectivity index (χ0v) is 16.8. The van der Waals surface area contributed by atoms with E-state index in [-0.39, 0.29) is 36.9 Å². The first kappa shape index (κ1) is 20.4. The number of hydrogen-bond acceptors (Lipinski definition) is 6. The molecule has 0 aliphatic carbocycles. The Morgan fingerprint density at radius 3 is 2.38 bits per heavy atom. The number of aromatic nitrogens is 2. The zero-order chi connectivity index (χ0) is 20.8. The van der Waals surface area contributed by atoms with Crippen molar-refractivity contribution in [1.29, 1.82) is 0 Å². The highest BCUT2D eigenvalue weighted by atomic mass is 16.6. The van der Waals surface area contributed by atoms with Crippen LogP contribution in [-0.2, 0) is 11.3 Å². The van der Waals surface area contributed by atoms with Crippen molar-refractivity contribution in [3.63, 3.8) is 0 Å². The van der Waals surface area contributed by atoms with Crippen LogP contribution in [0.2, 0.25) is 0 Å². The monoisotopic (exact) mass is 396 g/mol. The first-order valence-electron chi connectivity index (χ1n) is 9.60. The summed E-state index contributed by atoms with van der Waals surface area (Å²) in [6, 6.07) is 12.6. The van der Waals surface area contributed by atoms with Crippen LogP contribution in [0.15, 0.2) is 47.3 Å². The number of ether oxygens (including phenoxy) is 3. The summed E-state index contributed by atoms with van der Waals surface area (Å²) in [7, 11) is 0. The summed E-state index contributed by atoms with van der Waals surface area (Å²) in [5.74, 6) is 0.674. The molecule has 0 unspecified atom stereocenters. The summed E-state index contributed by atoms with van der Waals surface area (Å²) in [5, 5.41) is 5.84. The molecule has 3 rings (SSSR count). The van der Waals surface area contributed by atoms with E-state index in [0.29, 0.717) is 23.5 Å². The summed E-state index contributed by atoms with van der Waals surface area (Å²) in [6.45, 7) is 6.29. The second-order valence-electron chi connectivity index (χ2n) is 6.35. The van der Waals surface area contributed by atoms with Crippen LogP contribution in [0, 0.1) is 6.92 Å². The third-order valence-corrected chi connectivity index (χ3v) is 4.36. The van der Waals surface area contributed by atoms with Crippen LogP contribution in [0.1, 0.15) is 26.0 Å². The molecule has 0 atom stereocenters. The third-order valence-electron chi connectivity index (χ3n) is 4.36. The molecule has 1 aromatic heterocycles. The summed E-state index contributed by atoms with van der Waals surface area (Å²) in [6.07, 6.45) is 0.232. The SMILES string of the molecule is CCOc1cccc(OCCn2nc(C)c3ccccc3c2=O)c1OC(=O)CC. The molecular formula is C22H24N2O5. The van der Waals surface area contributed by atoms with E-state index in [9.17, 15) is 9.59 Å². The highest BCUT2D eigenvalue weighted by Crippen LogP contribution is 2.37. The van der Waals surface area contributed by atoms with Gasteiger partial charge in [-0.3, -0.25) is 9.59 Å². The molecule has 29 heavy (non-hydrogen) atoms. The Bertz CT molecular complexity index is 1070. The number of carbonyl (C=O) groups is 1. The molecule has 0 aliphatic rings. The average molecular weight is 396 g/mol. The lowest BCUT2D eigenvalue weighted by atomic mass is 10.1. The number of para-hydroxylation sites is 1. The normalized spacial score (nSPS) is 10.7. The molecule has 0 saturated carbocycles. The van der Waals surface area contributed by atoms with Crippen LogP contribution in [0.5, 0.6) is 17.2 Å². The van der Waals surface area contributed by atoms with Gasteiger partial charge in [-0.05, 0) is 32.0 Å². The molecule has 0 bridgehead atoms. The van der Waals surface area contributed by atoms with Crippen molar-refractivity contribution in [2.24, 2.45) is 0 Å². The van der Waals surface area contributed by atoms with Crippen LogP contribution in [0.3, 0.4) is 0 Å². The first-order chi connectivity index (χ1) is 14.0. The lowest BCUT2D eigenvalue weighted by Crippen LogP contribution is -2.26. The number of nitrogens with zero attached hydrogens (tertiary/aromatic N) is 2. The van der Waals surface area contributed by atoms with Crippen molar-refractivity contribution >= 4 is 16.7 Å². The van der Waals surface area contributed by atoms with E-state index >= 15 is 0 Å². The van der Waals surface area contributed by atoms with Crippen LogP contribution in [0.25, 0.3) is 10.8 Å². The van der Waals surface area contributed by atoms with Gasteiger partial charge in [0.25, 0.3) is 5.56 Å². The summed E-state index contributed by atoms with van der Waals surface area (Å²) < 4.78 is 18.2. The fraction of sp³-hybridized carbons (Fsp3) is 0.318. The predicted molar refractivity (Wildman–Crippen MR) is 110 cm³/mol. The lowest BCUT2D eigenvalue weighted by Gasteiger charge is -2.15. The van der Waals surface area contributed by atoms with Gasteiger partial charge in [0.2, 0.25) is 5.75 Å². The molecule has 7 nitrogen and oxygen atoms in total. The second kappa shape index (κ2) is 9.23. The smallest absolute Gasteiger partial charge is 0.311 e. The minimum atomic E-state index is -0.384. The quantitative estimate of drug-likeness (QED) is 0.428. The molecule has 0 fully saturated rings. The molecule has 0 N–H and O–H groups in total. The van der Waals surface area contributed by atoms with Crippen LogP contribution in [-0.4, -0.2) is 29.0 Å². The standard InChI is InChI=1S/C22H24N2O5/c1-4-20(25)29-21-18(27-5-2)11-8-12-19(21)28-14-13-24-22(26)17-10-7-6-9-16(17)15(3)23-24/h6-12H,4-5,13-14H2,1-3H3. The van der Waals surface area contributed by atoms with Crippen molar-refractivity contribution in [3.05, 3.63) is 58.5 Å². The molecule has 0 aliphatic heterocycles. The third kappa shape index (κ3) is 4.56. The summed E-state index contributed by atoms with van der Waals surface area (Å²) in [5.41, 5.74) is 0.603. The van der Waals surface area contributed by atoms with Gasteiger partial charge >= 0.3 is 5.97 Å². The molecule has 0 saturated heterocycles. The van der Waals surface area contributed by atoms with Crippen LogP contribution < -0.4 is 19.8 Å². The van der Waals surface area contributed by atoms with Gasteiger partial charge in [-0.15, -0.1) is 0 Å². The molecule has 2 aromatic carbocycles. The Balaban J connectivity index is 1.81. The highest BCUT2D eigenvalue weighted by molar-refractivity contribution is 5.83. The number of hydrogen-bond donors (Lipinski definition) is 0. The Hall–Kier alpha value is -3.35. The van der Waals surface area contributed by atoms with Crippen LogP contribution >= 0.6 is 0 Å². The van der Waals surface area contributed by atoms with Crippen molar-refractivity contribution in [2.75, 3.05) is 13.2 Å². The second-order valence-corrected chi connectivity index (χ2v) is 6.35. The van der Waals surface area contributed by atoms with Gasteiger partial charge in [0.1, 0.15) is 6.61 Å². The fourth-order valence-corrected chi connectivity index (χ4v) is 2.96. The van der Waals surface area contributed by atoms with E-state index in [1.807, 2.05) is 32.0 Å². The highest BCUT2D eigenvalue weighted by Gasteiger charge is 2.16. The van der Waals surface area contributed by atoms with Crippen molar-refractivity contribution in [1.82, 2.24) is 9.78 Å². The van der Waals surface area contributed by atoms with Gasteiger partial charge in [-0.1, -0.05) is 31.2 Å². The largest absolute Gasteiger partial charge is 0.490 e. The number of aryl methyl sites for hydroxylation is 1. The minimum absolute atomic E-state index is 0.171. The predicted octanol–water partition coefficient (Wildman–Crippen LogP) is 3.50.